The molecule has 0 N–H and O–H groups in total. The van der Waals surface area contributed by atoms with Crippen LogP contribution in [0.5, 0.6) is 0 Å². The molecule has 1 nitrogen and oxygen atoms in total. The summed E-state index contributed by atoms with van der Waals surface area (Å²) in [7, 11) is 0. The molecule has 58 valence electrons. The second-order valence-electron chi connectivity index (χ2n) is 3.78. The summed E-state index contributed by atoms with van der Waals surface area (Å²) in [6.45, 7) is 3.68. The van der Waals surface area contributed by atoms with E-state index in [2.05, 4.69) is 11.8 Å². The Morgan fingerprint density at radius 3 is 2.30 bits per heavy atom. The first-order valence-corrected chi connectivity index (χ1v) is 4.14. The third-order valence-electron chi connectivity index (χ3n) is 2.73. The van der Waals surface area contributed by atoms with Crippen molar-refractivity contribution >= 4 is 0 Å². The van der Waals surface area contributed by atoms with Gasteiger partial charge in [-0.15, -0.1) is 0 Å². The van der Waals surface area contributed by atoms with Gasteiger partial charge in [-0.3, -0.25) is 4.90 Å². The van der Waals surface area contributed by atoms with E-state index >= 15 is 0 Å². The molecular weight excluding hydrogens is 129 g/mol. The maximum Gasteiger partial charge on any atom is 0.125 e. The summed E-state index contributed by atoms with van der Waals surface area (Å²) in [5.74, 6) is 0.892. The van der Waals surface area contributed by atoms with Gasteiger partial charge >= 0.3 is 0 Å². The third-order valence-corrected chi connectivity index (χ3v) is 2.73. The van der Waals surface area contributed by atoms with Crippen LogP contribution in [-0.2, 0) is 0 Å². The lowest BCUT2D eigenvalue weighted by Crippen LogP contribution is -2.57. The van der Waals surface area contributed by atoms with Gasteiger partial charge in [-0.25, -0.2) is 4.39 Å². The van der Waals surface area contributed by atoms with Gasteiger partial charge in [0.2, 0.25) is 0 Å². The first-order chi connectivity index (χ1) is 4.75. The van der Waals surface area contributed by atoms with E-state index in [9.17, 15) is 4.39 Å². The zero-order valence-electron chi connectivity index (χ0n) is 6.39. The highest BCUT2D eigenvalue weighted by Crippen LogP contribution is 2.33. The average molecular weight is 143 g/mol. The SMILES string of the molecule is CC1CC(N2CC(F)C2)C1. The Morgan fingerprint density at radius 1 is 1.30 bits per heavy atom. The molecule has 1 saturated heterocycles. The molecule has 1 aliphatic carbocycles. The Kier molecular flexibility index (Phi) is 1.44. The first kappa shape index (κ1) is 6.59. The Balaban J connectivity index is 1.72. The molecule has 1 aliphatic heterocycles. The van der Waals surface area contributed by atoms with Gasteiger partial charge in [0.1, 0.15) is 6.17 Å². The summed E-state index contributed by atoms with van der Waals surface area (Å²) in [6, 6.07) is 0.738. The minimum atomic E-state index is -0.518. The van der Waals surface area contributed by atoms with Gasteiger partial charge in [-0.1, -0.05) is 6.92 Å². The minimum absolute atomic E-state index is 0.518. The van der Waals surface area contributed by atoms with Crippen LogP contribution in [0, 0.1) is 5.92 Å². The zero-order chi connectivity index (χ0) is 7.14. The number of hydrogen-bond acceptors (Lipinski definition) is 1. The van der Waals surface area contributed by atoms with Gasteiger partial charge in [0.15, 0.2) is 0 Å². The maximum absolute atomic E-state index is 12.3. The molecule has 10 heavy (non-hydrogen) atoms. The van der Waals surface area contributed by atoms with Gasteiger partial charge < -0.3 is 0 Å². The van der Waals surface area contributed by atoms with Crippen molar-refractivity contribution in [2.45, 2.75) is 32.0 Å². The molecule has 2 aliphatic rings. The van der Waals surface area contributed by atoms with Crippen molar-refractivity contribution in [3.05, 3.63) is 0 Å². The lowest BCUT2D eigenvalue weighted by Gasteiger charge is -2.47. The third kappa shape index (κ3) is 0.947. The molecule has 0 amide bonds. The van der Waals surface area contributed by atoms with Crippen molar-refractivity contribution in [2.24, 2.45) is 5.92 Å². The second-order valence-corrected chi connectivity index (χ2v) is 3.78. The van der Waals surface area contributed by atoms with Crippen molar-refractivity contribution in [3.8, 4) is 0 Å². The van der Waals surface area contributed by atoms with Gasteiger partial charge in [0.25, 0.3) is 0 Å². The molecule has 0 bridgehead atoms. The number of likely N-dealkylation sites (tertiary alicyclic amines) is 1. The van der Waals surface area contributed by atoms with Crippen LogP contribution in [0.3, 0.4) is 0 Å². The quantitative estimate of drug-likeness (QED) is 0.537. The van der Waals surface area contributed by atoms with E-state index in [-0.39, 0.29) is 0 Å². The molecule has 0 aromatic rings. The van der Waals surface area contributed by atoms with Crippen LogP contribution in [-0.4, -0.2) is 30.2 Å². The molecule has 0 aromatic heterocycles. The molecule has 0 radical (unpaired) electrons. The number of alkyl halides is 1. The second kappa shape index (κ2) is 2.19. The smallest absolute Gasteiger partial charge is 0.125 e. The first-order valence-electron chi connectivity index (χ1n) is 4.14. The number of nitrogens with zero attached hydrogens (tertiary/aromatic N) is 1. The highest BCUT2D eigenvalue weighted by Gasteiger charge is 2.37. The van der Waals surface area contributed by atoms with E-state index < -0.39 is 6.17 Å². The normalized spacial score (nSPS) is 42.6. The predicted octanol–water partition coefficient (Wildman–Crippen LogP) is 1.44. The van der Waals surface area contributed by atoms with E-state index in [1.165, 1.54) is 12.8 Å². The van der Waals surface area contributed by atoms with Gasteiger partial charge in [0.05, 0.1) is 0 Å². The van der Waals surface area contributed by atoms with E-state index in [1.54, 1.807) is 0 Å². The lowest BCUT2D eigenvalue weighted by molar-refractivity contribution is -0.0192. The summed E-state index contributed by atoms with van der Waals surface area (Å²) < 4.78 is 12.3. The monoisotopic (exact) mass is 143 g/mol. The molecule has 1 heterocycles. The van der Waals surface area contributed by atoms with Crippen molar-refractivity contribution in [1.82, 2.24) is 4.90 Å². The van der Waals surface area contributed by atoms with Crippen LogP contribution in [0.25, 0.3) is 0 Å². The highest BCUT2D eigenvalue weighted by atomic mass is 19.1. The zero-order valence-corrected chi connectivity index (χ0v) is 6.39. The standard InChI is InChI=1S/C8H14FN/c1-6-2-8(3-6)10-4-7(9)5-10/h6-8H,2-5H2,1H3. The Labute approximate surface area is 61.2 Å². The topological polar surface area (TPSA) is 3.24 Å². The highest BCUT2D eigenvalue weighted by molar-refractivity contribution is 4.92. The van der Waals surface area contributed by atoms with Crippen LogP contribution in [0.15, 0.2) is 0 Å². The van der Waals surface area contributed by atoms with Crippen LogP contribution < -0.4 is 0 Å². The predicted molar refractivity (Wildman–Crippen MR) is 38.7 cm³/mol. The number of halogens is 1. The molecule has 0 unspecified atom stereocenters. The molecular formula is C8H14FN. The fraction of sp³-hybridized carbons (Fsp3) is 1.00. The van der Waals surface area contributed by atoms with Crippen molar-refractivity contribution < 1.29 is 4.39 Å². The summed E-state index contributed by atoms with van der Waals surface area (Å²) in [5, 5.41) is 0. The van der Waals surface area contributed by atoms with Crippen LogP contribution in [0.2, 0.25) is 0 Å². The van der Waals surface area contributed by atoms with Gasteiger partial charge in [-0.05, 0) is 18.8 Å². The molecule has 2 rings (SSSR count). The van der Waals surface area contributed by atoms with E-state index in [4.69, 9.17) is 0 Å². The summed E-state index contributed by atoms with van der Waals surface area (Å²) in [5.41, 5.74) is 0. The summed E-state index contributed by atoms with van der Waals surface area (Å²) in [4.78, 5) is 2.27. The van der Waals surface area contributed by atoms with E-state index in [1.807, 2.05) is 0 Å². The minimum Gasteiger partial charge on any atom is -0.294 e. The summed E-state index contributed by atoms with van der Waals surface area (Å²) >= 11 is 0. The Morgan fingerprint density at radius 2 is 1.90 bits per heavy atom. The number of rotatable bonds is 1. The van der Waals surface area contributed by atoms with Crippen molar-refractivity contribution in [2.75, 3.05) is 13.1 Å². The fourth-order valence-electron chi connectivity index (χ4n) is 1.91. The van der Waals surface area contributed by atoms with E-state index in [0.29, 0.717) is 13.1 Å². The van der Waals surface area contributed by atoms with Gasteiger partial charge in [-0.2, -0.15) is 0 Å². The maximum atomic E-state index is 12.3. The average Bonchev–Trinajstić information content (AvgIpc) is 1.74. The van der Waals surface area contributed by atoms with Crippen molar-refractivity contribution in [1.29, 1.82) is 0 Å². The summed E-state index contributed by atoms with van der Waals surface area (Å²) in [6.07, 6.45) is 2.08. The molecule has 1 saturated carbocycles. The molecule has 0 spiro atoms. The van der Waals surface area contributed by atoms with Crippen LogP contribution in [0.1, 0.15) is 19.8 Å². The van der Waals surface area contributed by atoms with Crippen LogP contribution in [0.4, 0.5) is 4.39 Å². The molecule has 2 fully saturated rings. The van der Waals surface area contributed by atoms with Gasteiger partial charge in [0, 0.05) is 19.1 Å². The Bertz CT molecular complexity index is 109. The van der Waals surface area contributed by atoms with E-state index in [0.717, 1.165) is 12.0 Å². The molecule has 0 aromatic carbocycles. The fourth-order valence-corrected chi connectivity index (χ4v) is 1.91. The van der Waals surface area contributed by atoms with Crippen molar-refractivity contribution in [3.63, 3.8) is 0 Å². The number of hydrogen-bond donors (Lipinski definition) is 0. The lowest BCUT2D eigenvalue weighted by atomic mass is 9.79. The molecule has 0 atom stereocenters. The van der Waals surface area contributed by atoms with Crippen LogP contribution >= 0.6 is 0 Å². The Hall–Kier alpha value is -0.110. The largest absolute Gasteiger partial charge is 0.294 e. The molecule has 2 heteroatoms.